The molecule has 2 aromatic carbocycles. The standard InChI is InChI=1S/C13H17NO4.C9H11NO2.ClH/c1-13(2,3)18-12(17)14-8-9-4-6-10(7-5-9)11(15)16;1-12-9(11)8-4-2-7(6-10)3-5-8;/h4-7H,8H2,1-3H3,(H,14,17)(H,15,16);2-5H,6,10H2,1H3;1H. The molecule has 0 spiro atoms. The molecule has 0 aromatic heterocycles. The number of benzene rings is 2. The summed E-state index contributed by atoms with van der Waals surface area (Å²) in [5.41, 5.74) is 7.44. The minimum Gasteiger partial charge on any atom is -0.478 e. The molecule has 2 rings (SSSR count). The summed E-state index contributed by atoms with van der Waals surface area (Å²) in [4.78, 5) is 33.0. The van der Waals surface area contributed by atoms with Crippen LogP contribution in [-0.4, -0.2) is 35.8 Å². The molecule has 0 aliphatic heterocycles. The average Bonchev–Trinajstić information content (AvgIpc) is 2.71. The van der Waals surface area contributed by atoms with Gasteiger partial charge < -0.3 is 25.6 Å². The van der Waals surface area contributed by atoms with Crippen LogP contribution < -0.4 is 11.1 Å². The van der Waals surface area contributed by atoms with Crippen LogP contribution in [-0.2, 0) is 22.6 Å². The number of esters is 1. The molecule has 170 valence electrons. The van der Waals surface area contributed by atoms with E-state index in [4.69, 9.17) is 15.6 Å². The average molecular weight is 453 g/mol. The first-order valence-electron chi connectivity index (χ1n) is 9.22. The minimum atomic E-state index is -0.971. The highest BCUT2D eigenvalue weighted by atomic mass is 35.5. The molecule has 8 nitrogen and oxygen atoms in total. The maximum Gasteiger partial charge on any atom is 0.407 e. The van der Waals surface area contributed by atoms with Crippen LogP contribution in [0.25, 0.3) is 0 Å². The largest absolute Gasteiger partial charge is 0.478 e. The summed E-state index contributed by atoms with van der Waals surface area (Å²) in [6.07, 6.45) is -0.496. The highest BCUT2D eigenvalue weighted by Crippen LogP contribution is 2.08. The van der Waals surface area contributed by atoms with Gasteiger partial charge in [-0.05, 0) is 56.2 Å². The third-order valence-corrected chi connectivity index (χ3v) is 3.65. The van der Waals surface area contributed by atoms with E-state index in [0.717, 1.165) is 11.1 Å². The zero-order chi connectivity index (χ0) is 22.7. The maximum atomic E-state index is 11.4. The molecule has 0 fully saturated rings. The number of hydrogen-bond acceptors (Lipinski definition) is 6. The Morgan fingerprint density at radius 1 is 0.935 bits per heavy atom. The lowest BCUT2D eigenvalue weighted by atomic mass is 10.1. The predicted octanol–water partition coefficient (Wildman–Crippen LogP) is 3.76. The lowest BCUT2D eigenvalue weighted by Crippen LogP contribution is -2.32. The number of ether oxygens (including phenoxy) is 2. The molecule has 0 bridgehead atoms. The van der Waals surface area contributed by atoms with Gasteiger partial charge in [0.1, 0.15) is 5.60 Å². The summed E-state index contributed by atoms with van der Waals surface area (Å²) < 4.78 is 9.62. The molecule has 9 heteroatoms. The number of methoxy groups -OCH3 is 1. The summed E-state index contributed by atoms with van der Waals surface area (Å²) in [5, 5.41) is 11.3. The van der Waals surface area contributed by atoms with Crippen molar-refractivity contribution in [2.45, 2.75) is 39.5 Å². The van der Waals surface area contributed by atoms with E-state index in [2.05, 4.69) is 10.1 Å². The van der Waals surface area contributed by atoms with Gasteiger partial charge >= 0.3 is 18.0 Å². The number of carbonyl (C=O) groups excluding carboxylic acids is 2. The Labute approximate surface area is 188 Å². The van der Waals surface area contributed by atoms with E-state index in [-0.39, 0.29) is 23.9 Å². The van der Waals surface area contributed by atoms with Gasteiger partial charge in [-0.15, -0.1) is 12.4 Å². The molecular weight excluding hydrogens is 424 g/mol. The summed E-state index contributed by atoms with van der Waals surface area (Å²) >= 11 is 0. The first-order chi connectivity index (χ1) is 14.1. The molecule has 0 heterocycles. The smallest absolute Gasteiger partial charge is 0.407 e. The van der Waals surface area contributed by atoms with Gasteiger partial charge in [0, 0.05) is 13.1 Å². The SMILES string of the molecule is CC(C)(C)OC(=O)NCc1ccc(C(=O)O)cc1.COC(=O)c1ccc(CN)cc1.Cl. The monoisotopic (exact) mass is 452 g/mol. The van der Waals surface area contributed by atoms with E-state index in [1.54, 1.807) is 45.0 Å². The van der Waals surface area contributed by atoms with Gasteiger partial charge in [-0.1, -0.05) is 24.3 Å². The van der Waals surface area contributed by atoms with Crippen LogP contribution in [0.15, 0.2) is 48.5 Å². The number of aromatic carboxylic acids is 1. The van der Waals surface area contributed by atoms with Crippen molar-refractivity contribution in [2.24, 2.45) is 5.73 Å². The molecule has 2 aromatic rings. The second-order valence-corrected chi connectivity index (χ2v) is 7.25. The molecule has 0 saturated carbocycles. The van der Waals surface area contributed by atoms with Gasteiger partial charge in [0.15, 0.2) is 0 Å². The number of carbonyl (C=O) groups is 3. The van der Waals surface area contributed by atoms with Gasteiger partial charge in [-0.25, -0.2) is 14.4 Å². The maximum absolute atomic E-state index is 11.4. The molecule has 0 aliphatic rings. The number of hydrogen-bond donors (Lipinski definition) is 3. The van der Waals surface area contributed by atoms with Crippen LogP contribution in [0.4, 0.5) is 4.79 Å². The normalized spacial score (nSPS) is 9.97. The van der Waals surface area contributed by atoms with Crippen LogP contribution in [0.1, 0.15) is 52.6 Å². The number of carboxylic acids is 1. The fourth-order valence-electron chi connectivity index (χ4n) is 2.15. The van der Waals surface area contributed by atoms with Crippen LogP contribution in [0.5, 0.6) is 0 Å². The minimum absolute atomic E-state index is 0. The van der Waals surface area contributed by atoms with E-state index in [1.165, 1.54) is 19.2 Å². The fourth-order valence-corrected chi connectivity index (χ4v) is 2.15. The highest BCUT2D eigenvalue weighted by molar-refractivity contribution is 5.89. The third kappa shape index (κ3) is 11.0. The number of halogens is 1. The Balaban J connectivity index is 0.000000605. The number of amides is 1. The Morgan fingerprint density at radius 2 is 1.42 bits per heavy atom. The molecular formula is C22H29ClN2O6. The van der Waals surface area contributed by atoms with Crippen molar-refractivity contribution in [1.82, 2.24) is 5.32 Å². The Hall–Kier alpha value is -3.10. The lowest BCUT2D eigenvalue weighted by molar-refractivity contribution is 0.0521. The van der Waals surface area contributed by atoms with E-state index < -0.39 is 17.7 Å². The van der Waals surface area contributed by atoms with Crippen molar-refractivity contribution >= 4 is 30.4 Å². The van der Waals surface area contributed by atoms with Gasteiger partial charge in [-0.2, -0.15) is 0 Å². The number of nitrogens with one attached hydrogen (secondary N) is 1. The molecule has 0 atom stereocenters. The number of alkyl carbamates (subject to hydrolysis) is 1. The van der Waals surface area contributed by atoms with Crippen LogP contribution in [0, 0.1) is 0 Å². The second-order valence-electron chi connectivity index (χ2n) is 7.25. The van der Waals surface area contributed by atoms with Crippen molar-refractivity contribution in [1.29, 1.82) is 0 Å². The molecule has 0 saturated heterocycles. The highest BCUT2D eigenvalue weighted by Gasteiger charge is 2.15. The van der Waals surface area contributed by atoms with Crippen LogP contribution in [0.2, 0.25) is 0 Å². The molecule has 31 heavy (non-hydrogen) atoms. The predicted molar refractivity (Wildman–Crippen MR) is 119 cm³/mol. The van der Waals surface area contributed by atoms with Crippen molar-refractivity contribution in [3.63, 3.8) is 0 Å². The third-order valence-electron chi connectivity index (χ3n) is 3.65. The van der Waals surface area contributed by atoms with Gasteiger partial charge in [0.25, 0.3) is 0 Å². The summed E-state index contributed by atoms with van der Waals surface area (Å²) in [6, 6.07) is 13.3. The molecule has 4 N–H and O–H groups in total. The van der Waals surface area contributed by atoms with Gasteiger partial charge in [-0.3, -0.25) is 0 Å². The Kier molecular flexibility index (Phi) is 11.9. The Morgan fingerprint density at radius 3 is 1.84 bits per heavy atom. The topological polar surface area (TPSA) is 128 Å². The number of rotatable bonds is 5. The van der Waals surface area contributed by atoms with Gasteiger partial charge in [0.2, 0.25) is 0 Å². The lowest BCUT2D eigenvalue weighted by Gasteiger charge is -2.19. The molecule has 0 aliphatic carbocycles. The Bertz CT molecular complexity index is 846. The number of nitrogens with two attached hydrogens (primary N) is 1. The zero-order valence-corrected chi connectivity index (χ0v) is 18.8. The second kappa shape index (κ2) is 13.3. The molecule has 1 amide bonds. The molecule has 0 unspecified atom stereocenters. The van der Waals surface area contributed by atoms with E-state index in [9.17, 15) is 14.4 Å². The first kappa shape index (κ1) is 27.9. The fraction of sp³-hybridized carbons (Fsp3) is 0.318. The van der Waals surface area contributed by atoms with E-state index >= 15 is 0 Å². The molecule has 0 radical (unpaired) electrons. The summed E-state index contributed by atoms with van der Waals surface area (Å²) in [5.74, 6) is -1.29. The number of carboxylic acid groups (broad SMARTS) is 1. The van der Waals surface area contributed by atoms with Gasteiger partial charge in [0.05, 0.1) is 18.2 Å². The van der Waals surface area contributed by atoms with Crippen LogP contribution in [0.3, 0.4) is 0 Å². The first-order valence-corrected chi connectivity index (χ1v) is 9.22. The van der Waals surface area contributed by atoms with Crippen molar-refractivity contribution in [3.8, 4) is 0 Å². The van der Waals surface area contributed by atoms with Crippen molar-refractivity contribution in [3.05, 3.63) is 70.8 Å². The van der Waals surface area contributed by atoms with E-state index in [0.29, 0.717) is 18.7 Å². The zero-order valence-electron chi connectivity index (χ0n) is 18.0. The van der Waals surface area contributed by atoms with Crippen LogP contribution >= 0.6 is 12.4 Å². The van der Waals surface area contributed by atoms with Crippen molar-refractivity contribution < 1.29 is 29.0 Å². The van der Waals surface area contributed by atoms with E-state index in [1.807, 2.05) is 12.1 Å². The summed E-state index contributed by atoms with van der Waals surface area (Å²) in [6.45, 7) is 6.15. The summed E-state index contributed by atoms with van der Waals surface area (Å²) in [7, 11) is 1.36. The quantitative estimate of drug-likeness (QED) is 0.589. The van der Waals surface area contributed by atoms with Crippen molar-refractivity contribution in [2.75, 3.05) is 7.11 Å².